The molecule has 1 aromatic heterocycles. The van der Waals surface area contributed by atoms with E-state index < -0.39 is 0 Å². The van der Waals surface area contributed by atoms with E-state index >= 15 is 0 Å². The molecule has 0 saturated carbocycles. The number of aromatic nitrogens is 2. The predicted octanol–water partition coefficient (Wildman–Crippen LogP) is 1.09. The summed E-state index contributed by atoms with van der Waals surface area (Å²) in [5.41, 5.74) is 0. The molecule has 0 radical (unpaired) electrons. The standard InChI is InChI=1S/C12H22N4/c1-3-16-9-6-13-12(16)10-14-11-4-7-15(2)8-5-11/h6,9,11,14H,3-5,7-8,10H2,1-2H3. The Bertz CT molecular complexity index is 313. The molecule has 0 spiro atoms. The number of aryl methyl sites for hydroxylation is 1. The van der Waals surface area contributed by atoms with Gasteiger partial charge in [-0.05, 0) is 39.9 Å². The van der Waals surface area contributed by atoms with Crippen LogP contribution in [-0.2, 0) is 13.1 Å². The van der Waals surface area contributed by atoms with Crippen LogP contribution in [0.4, 0.5) is 0 Å². The lowest BCUT2D eigenvalue weighted by molar-refractivity contribution is 0.233. The Hall–Kier alpha value is -0.870. The summed E-state index contributed by atoms with van der Waals surface area (Å²) in [6.07, 6.45) is 6.44. The topological polar surface area (TPSA) is 33.1 Å². The second-order valence-electron chi connectivity index (χ2n) is 4.59. The molecule has 1 N–H and O–H groups in total. The van der Waals surface area contributed by atoms with Crippen LogP contribution in [0.2, 0.25) is 0 Å². The summed E-state index contributed by atoms with van der Waals surface area (Å²) in [6, 6.07) is 0.665. The van der Waals surface area contributed by atoms with Crippen molar-refractivity contribution < 1.29 is 0 Å². The van der Waals surface area contributed by atoms with Gasteiger partial charge in [0.05, 0.1) is 6.54 Å². The molecule has 0 unspecified atom stereocenters. The van der Waals surface area contributed by atoms with E-state index in [4.69, 9.17) is 0 Å². The van der Waals surface area contributed by atoms with Crippen LogP contribution in [-0.4, -0.2) is 40.6 Å². The molecule has 1 saturated heterocycles. The van der Waals surface area contributed by atoms with Crippen LogP contribution < -0.4 is 5.32 Å². The van der Waals surface area contributed by atoms with E-state index in [1.807, 2.05) is 12.4 Å². The monoisotopic (exact) mass is 222 g/mol. The number of rotatable bonds is 4. The van der Waals surface area contributed by atoms with Crippen molar-refractivity contribution in [1.82, 2.24) is 19.8 Å². The highest BCUT2D eigenvalue weighted by atomic mass is 15.1. The molecular weight excluding hydrogens is 200 g/mol. The van der Waals surface area contributed by atoms with Crippen LogP contribution in [0, 0.1) is 0 Å². The van der Waals surface area contributed by atoms with Crippen molar-refractivity contribution in [2.24, 2.45) is 0 Å². The second-order valence-corrected chi connectivity index (χ2v) is 4.59. The summed E-state index contributed by atoms with van der Waals surface area (Å²) in [6.45, 7) is 6.47. The fourth-order valence-corrected chi connectivity index (χ4v) is 2.24. The first kappa shape index (κ1) is 11.6. The number of nitrogens with zero attached hydrogens (tertiary/aromatic N) is 3. The van der Waals surface area contributed by atoms with Crippen LogP contribution in [0.25, 0.3) is 0 Å². The predicted molar refractivity (Wildman–Crippen MR) is 65.3 cm³/mol. The molecule has 4 nitrogen and oxygen atoms in total. The minimum Gasteiger partial charge on any atom is -0.334 e. The molecule has 2 heterocycles. The molecule has 0 amide bonds. The highest BCUT2D eigenvalue weighted by Gasteiger charge is 2.16. The summed E-state index contributed by atoms with van der Waals surface area (Å²) in [4.78, 5) is 6.77. The number of imidazole rings is 1. The SMILES string of the molecule is CCn1ccnc1CNC1CCN(C)CC1. The van der Waals surface area contributed by atoms with E-state index in [0.717, 1.165) is 18.9 Å². The van der Waals surface area contributed by atoms with Gasteiger partial charge in [0.1, 0.15) is 5.82 Å². The normalized spacial score (nSPS) is 19.1. The minimum atomic E-state index is 0.665. The fraction of sp³-hybridized carbons (Fsp3) is 0.750. The van der Waals surface area contributed by atoms with Gasteiger partial charge < -0.3 is 14.8 Å². The second kappa shape index (κ2) is 5.46. The quantitative estimate of drug-likeness (QED) is 0.828. The smallest absolute Gasteiger partial charge is 0.122 e. The molecule has 2 rings (SSSR count). The molecule has 0 aromatic carbocycles. The Morgan fingerprint density at radius 2 is 2.19 bits per heavy atom. The van der Waals surface area contributed by atoms with Gasteiger partial charge in [0.15, 0.2) is 0 Å². The molecule has 0 bridgehead atoms. The van der Waals surface area contributed by atoms with E-state index in [1.54, 1.807) is 0 Å². The molecule has 1 aliphatic heterocycles. The van der Waals surface area contributed by atoms with Crippen molar-refractivity contribution in [3.05, 3.63) is 18.2 Å². The maximum absolute atomic E-state index is 4.38. The zero-order valence-electron chi connectivity index (χ0n) is 10.3. The van der Waals surface area contributed by atoms with Gasteiger partial charge in [-0.25, -0.2) is 4.98 Å². The minimum absolute atomic E-state index is 0.665. The number of piperidine rings is 1. The number of hydrogen-bond acceptors (Lipinski definition) is 3. The fourth-order valence-electron chi connectivity index (χ4n) is 2.24. The molecule has 1 aliphatic rings. The van der Waals surface area contributed by atoms with E-state index in [9.17, 15) is 0 Å². The highest BCUT2D eigenvalue weighted by molar-refractivity contribution is 4.92. The van der Waals surface area contributed by atoms with Gasteiger partial charge in [-0.1, -0.05) is 0 Å². The number of hydrogen-bond donors (Lipinski definition) is 1. The molecule has 4 heteroatoms. The van der Waals surface area contributed by atoms with Crippen LogP contribution in [0.1, 0.15) is 25.6 Å². The Balaban J connectivity index is 1.79. The van der Waals surface area contributed by atoms with Crippen LogP contribution >= 0.6 is 0 Å². The Labute approximate surface area is 97.7 Å². The molecular formula is C12H22N4. The van der Waals surface area contributed by atoms with E-state index in [2.05, 4.69) is 33.7 Å². The van der Waals surface area contributed by atoms with Crippen LogP contribution in [0.15, 0.2) is 12.4 Å². The zero-order valence-corrected chi connectivity index (χ0v) is 10.3. The van der Waals surface area contributed by atoms with Crippen molar-refractivity contribution in [1.29, 1.82) is 0 Å². The van der Waals surface area contributed by atoms with Gasteiger partial charge in [0, 0.05) is 25.0 Å². The average Bonchev–Trinajstić information content (AvgIpc) is 2.76. The maximum atomic E-state index is 4.38. The Morgan fingerprint density at radius 3 is 2.88 bits per heavy atom. The van der Waals surface area contributed by atoms with Crippen molar-refractivity contribution in [3.63, 3.8) is 0 Å². The van der Waals surface area contributed by atoms with Crippen molar-refractivity contribution in [2.75, 3.05) is 20.1 Å². The Morgan fingerprint density at radius 1 is 1.44 bits per heavy atom. The summed E-state index contributed by atoms with van der Waals surface area (Å²) in [7, 11) is 2.19. The first-order valence-corrected chi connectivity index (χ1v) is 6.21. The third kappa shape index (κ3) is 2.83. The zero-order chi connectivity index (χ0) is 11.4. The summed E-state index contributed by atoms with van der Waals surface area (Å²) < 4.78 is 2.20. The molecule has 1 fully saturated rings. The molecule has 0 atom stereocenters. The number of nitrogens with one attached hydrogen (secondary N) is 1. The maximum Gasteiger partial charge on any atom is 0.122 e. The highest BCUT2D eigenvalue weighted by Crippen LogP contribution is 2.09. The van der Waals surface area contributed by atoms with Crippen LogP contribution in [0.3, 0.4) is 0 Å². The van der Waals surface area contributed by atoms with Gasteiger partial charge in [0.2, 0.25) is 0 Å². The van der Waals surface area contributed by atoms with Crippen LogP contribution in [0.5, 0.6) is 0 Å². The number of likely N-dealkylation sites (tertiary alicyclic amines) is 1. The lowest BCUT2D eigenvalue weighted by Gasteiger charge is -2.29. The van der Waals surface area contributed by atoms with Gasteiger partial charge >= 0.3 is 0 Å². The van der Waals surface area contributed by atoms with E-state index in [0.29, 0.717) is 6.04 Å². The molecule has 1 aromatic rings. The van der Waals surface area contributed by atoms with E-state index in [1.165, 1.54) is 25.9 Å². The summed E-state index contributed by atoms with van der Waals surface area (Å²) >= 11 is 0. The first-order chi connectivity index (χ1) is 7.79. The average molecular weight is 222 g/mol. The van der Waals surface area contributed by atoms with Crippen molar-refractivity contribution in [3.8, 4) is 0 Å². The summed E-state index contributed by atoms with van der Waals surface area (Å²) in [5.74, 6) is 1.15. The third-order valence-corrected chi connectivity index (χ3v) is 3.41. The van der Waals surface area contributed by atoms with Gasteiger partial charge in [-0.3, -0.25) is 0 Å². The van der Waals surface area contributed by atoms with Crippen molar-refractivity contribution >= 4 is 0 Å². The van der Waals surface area contributed by atoms with E-state index in [-0.39, 0.29) is 0 Å². The third-order valence-electron chi connectivity index (χ3n) is 3.41. The van der Waals surface area contributed by atoms with Gasteiger partial charge in [-0.15, -0.1) is 0 Å². The van der Waals surface area contributed by atoms with Gasteiger partial charge in [0.25, 0.3) is 0 Å². The lowest BCUT2D eigenvalue weighted by atomic mass is 10.1. The lowest BCUT2D eigenvalue weighted by Crippen LogP contribution is -2.40. The molecule has 90 valence electrons. The van der Waals surface area contributed by atoms with Crippen molar-refractivity contribution in [2.45, 2.75) is 38.9 Å². The largest absolute Gasteiger partial charge is 0.334 e. The molecule has 16 heavy (non-hydrogen) atoms. The first-order valence-electron chi connectivity index (χ1n) is 6.21. The Kier molecular flexibility index (Phi) is 3.96. The molecule has 0 aliphatic carbocycles. The van der Waals surface area contributed by atoms with Gasteiger partial charge in [-0.2, -0.15) is 0 Å². The summed E-state index contributed by atoms with van der Waals surface area (Å²) in [5, 5.41) is 3.61.